The lowest BCUT2D eigenvalue weighted by Gasteiger charge is -2.02. The number of benzene rings is 1. The standard InChI is InChI=1S/C7H10N2O/c8-5-6-3-1-2-4-7(6)10-9/h1-4H,5,8-9H2. The van der Waals surface area contributed by atoms with Gasteiger partial charge in [-0.25, -0.2) is 0 Å². The van der Waals surface area contributed by atoms with Crippen molar-refractivity contribution in [2.75, 3.05) is 0 Å². The summed E-state index contributed by atoms with van der Waals surface area (Å²) in [6, 6.07) is 7.40. The van der Waals surface area contributed by atoms with Gasteiger partial charge in [-0.05, 0) is 6.07 Å². The van der Waals surface area contributed by atoms with E-state index in [2.05, 4.69) is 4.84 Å². The van der Waals surface area contributed by atoms with Crippen LogP contribution in [-0.2, 0) is 6.54 Å². The fraction of sp³-hybridized carbons (Fsp3) is 0.143. The normalized spacial score (nSPS) is 9.40. The van der Waals surface area contributed by atoms with E-state index in [0.29, 0.717) is 12.3 Å². The molecule has 1 aromatic rings. The fourth-order valence-electron chi connectivity index (χ4n) is 0.787. The second-order valence-corrected chi connectivity index (χ2v) is 1.93. The van der Waals surface area contributed by atoms with Crippen LogP contribution in [0.2, 0.25) is 0 Å². The Balaban J connectivity index is 2.96. The molecule has 0 bridgehead atoms. The van der Waals surface area contributed by atoms with E-state index >= 15 is 0 Å². The highest BCUT2D eigenvalue weighted by Gasteiger charge is 1.96. The molecule has 0 aliphatic carbocycles. The highest BCUT2D eigenvalue weighted by Crippen LogP contribution is 2.14. The minimum absolute atomic E-state index is 0.452. The van der Waals surface area contributed by atoms with Crippen molar-refractivity contribution in [3.63, 3.8) is 0 Å². The molecule has 0 aliphatic rings. The molecule has 3 nitrogen and oxygen atoms in total. The van der Waals surface area contributed by atoms with Gasteiger partial charge in [0.2, 0.25) is 0 Å². The van der Waals surface area contributed by atoms with Gasteiger partial charge in [-0.3, -0.25) is 0 Å². The van der Waals surface area contributed by atoms with Gasteiger partial charge in [0.1, 0.15) is 0 Å². The van der Waals surface area contributed by atoms with Gasteiger partial charge >= 0.3 is 0 Å². The SMILES string of the molecule is NCc1ccccc1ON. The van der Waals surface area contributed by atoms with Crippen molar-refractivity contribution in [1.29, 1.82) is 0 Å². The van der Waals surface area contributed by atoms with Gasteiger partial charge in [0.15, 0.2) is 5.75 Å². The molecule has 0 fully saturated rings. The summed E-state index contributed by atoms with van der Waals surface area (Å²) in [7, 11) is 0. The molecule has 0 radical (unpaired) electrons. The average Bonchev–Trinajstić information content (AvgIpc) is 2.04. The minimum Gasteiger partial charge on any atom is -0.411 e. The Morgan fingerprint density at radius 1 is 1.30 bits per heavy atom. The fourth-order valence-corrected chi connectivity index (χ4v) is 0.787. The number of hydrogen-bond donors (Lipinski definition) is 2. The van der Waals surface area contributed by atoms with Crippen molar-refractivity contribution >= 4 is 0 Å². The van der Waals surface area contributed by atoms with E-state index in [-0.39, 0.29) is 0 Å². The van der Waals surface area contributed by atoms with E-state index in [0.717, 1.165) is 5.56 Å². The van der Waals surface area contributed by atoms with E-state index < -0.39 is 0 Å². The van der Waals surface area contributed by atoms with Crippen molar-refractivity contribution in [1.82, 2.24) is 0 Å². The summed E-state index contributed by atoms with van der Waals surface area (Å²) >= 11 is 0. The summed E-state index contributed by atoms with van der Waals surface area (Å²) < 4.78 is 0. The maximum Gasteiger partial charge on any atom is 0.151 e. The first kappa shape index (κ1) is 7.05. The van der Waals surface area contributed by atoms with Crippen LogP contribution in [0.25, 0.3) is 0 Å². The van der Waals surface area contributed by atoms with Crippen LogP contribution in [-0.4, -0.2) is 0 Å². The Bertz CT molecular complexity index is 190. The molecule has 0 saturated carbocycles. The zero-order chi connectivity index (χ0) is 7.40. The van der Waals surface area contributed by atoms with Gasteiger partial charge in [0.05, 0.1) is 0 Å². The number of para-hydroxylation sites is 1. The van der Waals surface area contributed by atoms with Crippen molar-refractivity contribution in [3.05, 3.63) is 29.8 Å². The Labute approximate surface area is 59.5 Å². The minimum atomic E-state index is 0.452. The predicted octanol–water partition coefficient (Wildman–Crippen LogP) is 0.398. The quantitative estimate of drug-likeness (QED) is 0.581. The maximum absolute atomic E-state index is 5.39. The van der Waals surface area contributed by atoms with E-state index in [4.69, 9.17) is 11.6 Å². The van der Waals surface area contributed by atoms with Gasteiger partial charge < -0.3 is 10.6 Å². The third-order valence-electron chi connectivity index (χ3n) is 1.32. The average molecular weight is 138 g/mol. The maximum atomic E-state index is 5.39. The lowest BCUT2D eigenvalue weighted by atomic mass is 10.2. The Kier molecular flexibility index (Phi) is 2.25. The van der Waals surface area contributed by atoms with Crippen molar-refractivity contribution in [3.8, 4) is 5.75 Å². The summed E-state index contributed by atoms with van der Waals surface area (Å²) in [5.74, 6) is 5.61. The van der Waals surface area contributed by atoms with Gasteiger partial charge in [-0.1, -0.05) is 18.2 Å². The van der Waals surface area contributed by atoms with E-state index in [1.807, 2.05) is 18.2 Å². The predicted molar refractivity (Wildman–Crippen MR) is 39.1 cm³/mol. The van der Waals surface area contributed by atoms with Crippen LogP contribution >= 0.6 is 0 Å². The molecular weight excluding hydrogens is 128 g/mol. The molecule has 1 aromatic carbocycles. The first-order valence-electron chi connectivity index (χ1n) is 3.03. The second-order valence-electron chi connectivity index (χ2n) is 1.93. The van der Waals surface area contributed by atoms with Crippen LogP contribution in [0.5, 0.6) is 5.75 Å². The highest BCUT2D eigenvalue weighted by atomic mass is 16.6. The molecule has 0 spiro atoms. The molecule has 0 aliphatic heterocycles. The van der Waals surface area contributed by atoms with Gasteiger partial charge in [0.25, 0.3) is 0 Å². The van der Waals surface area contributed by atoms with Crippen molar-refractivity contribution in [2.24, 2.45) is 11.6 Å². The molecule has 0 amide bonds. The third kappa shape index (κ3) is 1.26. The van der Waals surface area contributed by atoms with Crippen LogP contribution in [0, 0.1) is 0 Å². The summed E-state index contributed by atoms with van der Waals surface area (Å²) in [6.07, 6.45) is 0. The number of rotatable bonds is 2. The Morgan fingerprint density at radius 2 is 2.00 bits per heavy atom. The topological polar surface area (TPSA) is 61.3 Å². The zero-order valence-corrected chi connectivity index (χ0v) is 5.58. The van der Waals surface area contributed by atoms with Crippen LogP contribution in [0.1, 0.15) is 5.56 Å². The van der Waals surface area contributed by atoms with Crippen molar-refractivity contribution < 1.29 is 4.84 Å². The lowest BCUT2D eigenvalue weighted by Crippen LogP contribution is -2.06. The van der Waals surface area contributed by atoms with E-state index in [1.165, 1.54) is 0 Å². The molecule has 0 atom stereocenters. The molecular formula is C7H10N2O. The smallest absolute Gasteiger partial charge is 0.151 e. The van der Waals surface area contributed by atoms with Crippen LogP contribution < -0.4 is 16.5 Å². The van der Waals surface area contributed by atoms with Crippen LogP contribution in [0.4, 0.5) is 0 Å². The third-order valence-corrected chi connectivity index (χ3v) is 1.32. The molecule has 1 rings (SSSR count). The summed E-state index contributed by atoms with van der Waals surface area (Å²) in [6.45, 7) is 0.452. The zero-order valence-electron chi connectivity index (χ0n) is 5.58. The molecule has 0 saturated heterocycles. The van der Waals surface area contributed by atoms with Crippen molar-refractivity contribution in [2.45, 2.75) is 6.54 Å². The summed E-state index contributed by atoms with van der Waals surface area (Å²) in [4.78, 5) is 4.56. The molecule has 4 N–H and O–H groups in total. The van der Waals surface area contributed by atoms with Crippen LogP contribution in [0.3, 0.4) is 0 Å². The largest absolute Gasteiger partial charge is 0.411 e. The van der Waals surface area contributed by atoms with E-state index in [1.54, 1.807) is 6.07 Å². The Morgan fingerprint density at radius 3 is 2.50 bits per heavy atom. The molecule has 3 heteroatoms. The molecule has 54 valence electrons. The first-order chi connectivity index (χ1) is 4.88. The molecule has 0 heterocycles. The van der Waals surface area contributed by atoms with Gasteiger partial charge in [-0.2, -0.15) is 5.90 Å². The molecule has 0 unspecified atom stereocenters. The van der Waals surface area contributed by atoms with Gasteiger partial charge in [0, 0.05) is 12.1 Å². The van der Waals surface area contributed by atoms with Gasteiger partial charge in [-0.15, -0.1) is 0 Å². The van der Waals surface area contributed by atoms with Crippen LogP contribution in [0.15, 0.2) is 24.3 Å². The second kappa shape index (κ2) is 3.20. The first-order valence-corrected chi connectivity index (χ1v) is 3.03. The summed E-state index contributed by atoms with van der Waals surface area (Å²) in [5, 5.41) is 0. The Hall–Kier alpha value is -1.06. The molecule has 10 heavy (non-hydrogen) atoms. The number of hydrogen-bond acceptors (Lipinski definition) is 3. The lowest BCUT2D eigenvalue weighted by molar-refractivity contribution is 0.331. The molecule has 0 aromatic heterocycles. The summed E-state index contributed by atoms with van der Waals surface area (Å²) in [5.41, 5.74) is 6.31. The monoisotopic (exact) mass is 138 g/mol. The number of nitrogens with two attached hydrogens (primary N) is 2. The highest BCUT2D eigenvalue weighted by molar-refractivity contribution is 5.32. The van der Waals surface area contributed by atoms with E-state index in [9.17, 15) is 0 Å².